The minimum absolute atomic E-state index is 0.332. The van der Waals surface area contributed by atoms with Crippen molar-refractivity contribution in [3.8, 4) is 0 Å². The maximum atomic E-state index is 5.60. The first-order chi connectivity index (χ1) is 5.72. The van der Waals surface area contributed by atoms with Crippen molar-refractivity contribution in [3.63, 3.8) is 0 Å². The zero-order chi connectivity index (χ0) is 8.97. The summed E-state index contributed by atoms with van der Waals surface area (Å²) in [6.45, 7) is 7.62. The highest BCUT2D eigenvalue weighted by Gasteiger charge is 2.23. The van der Waals surface area contributed by atoms with E-state index < -0.39 is 0 Å². The van der Waals surface area contributed by atoms with Gasteiger partial charge in [0.1, 0.15) is 6.23 Å². The molecule has 2 heteroatoms. The molecule has 1 heterocycles. The van der Waals surface area contributed by atoms with Crippen LogP contribution < -0.4 is 5.32 Å². The summed E-state index contributed by atoms with van der Waals surface area (Å²) in [5.41, 5.74) is 0. The first-order valence-corrected chi connectivity index (χ1v) is 5.10. The van der Waals surface area contributed by atoms with Crippen LogP contribution in [0.5, 0.6) is 0 Å². The molecule has 1 rings (SSSR count). The Kier molecular flexibility index (Phi) is 4.02. The Hall–Kier alpha value is -0.0800. The van der Waals surface area contributed by atoms with Crippen molar-refractivity contribution in [3.05, 3.63) is 0 Å². The van der Waals surface area contributed by atoms with Gasteiger partial charge in [0.2, 0.25) is 0 Å². The van der Waals surface area contributed by atoms with Crippen LogP contribution in [-0.4, -0.2) is 18.9 Å². The van der Waals surface area contributed by atoms with Crippen molar-refractivity contribution in [2.24, 2.45) is 5.92 Å². The van der Waals surface area contributed by atoms with E-state index >= 15 is 0 Å². The van der Waals surface area contributed by atoms with Crippen molar-refractivity contribution < 1.29 is 4.74 Å². The molecule has 1 aliphatic heterocycles. The molecule has 0 saturated carbocycles. The Labute approximate surface area is 75.7 Å². The molecular formula is C10H21NO. The lowest BCUT2D eigenvalue weighted by Gasteiger charge is -2.12. The fourth-order valence-electron chi connectivity index (χ4n) is 1.73. The second kappa shape index (κ2) is 4.83. The van der Waals surface area contributed by atoms with E-state index in [4.69, 9.17) is 4.74 Å². The molecule has 1 aliphatic rings. The van der Waals surface area contributed by atoms with Gasteiger partial charge in [-0.2, -0.15) is 0 Å². The van der Waals surface area contributed by atoms with Gasteiger partial charge < -0.3 is 4.74 Å². The van der Waals surface area contributed by atoms with E-state index in [1.165, 1.54) is 12.8 Å². The predicted molar refractivity (Wildman–Crippen MR) is 51.0 cm³/mol. The third kappa shape index (κ3) is 3.11. The van der Waals surface area contributed by atoms with E-state index in [0.717, 1.165) is 18.9 Å². The van der Waals surface area contributed by atoms with Gasteiger partial charge in [-0.25, -0.2) is 0 Å². The lowest BCUT2D eigenvalue weighted by Crippen LogP contribution is -2.31. The maximum absolute atomic E-state index is 5.60. The minimum atomic E-state index is 0.332. The third-order valence-electron chi connectivity index (χ3n) is 2.23. The second-order valence-electron chi connectivity index (χ2n) is 4.10. The standard InChI is InChI=1S/C10H21NO/c1-4-5-10-11-9(7-12-10)6-8(2)3/h8-11H,4-7H2,1-3H3. The molecule has 2 atom stereocenters. The number of hydrogen-bond donors (Lipinski definition) is 1. The molecular weight excluding hydrogens is 150 g/mol. The van der Waals surface area contributed by atoms with E-state index in [2.05, 4.69) is 26.1 Å². The van der Waals surface area contributed by atoms with E-state index in [1.54, 1.807) is 0 Å². The summed E-state index contributed by atoms with van der Waals surface area (Å²) in [5, 5.41) is 3.50. The first-order valence-electron chi connectivity index (χ1n) is 5.10. The normalized spacial score (nSPS) is 30.0. The summed E-state index contributed by atoms with van der Waals surface area (Å²) in [5.74, 6) is 0.770. The SMILES string of the molecule is CCCC1NC(CC(C)C)CO1. The quantitative estimate of drug-likeness (QED) is 0.699. The van der Waals surface area contributed by atoms with Crippen molar-refractivity contribution in [1.29, 1.82) is 0 Å². The minimum Gasteiger partial charge on any atom is -0.362 e. The van der Waals surface area contributed by atoms with Crippen LogP contribution in [0.25, 0.3) is 0 Å². The molecule has 2 nitrogen and oxygen atoms in total. The van der Waals surface area contributed by atoms with Crippen LogP contribution >= 0.6 is 0 Å². The van der Waals surface area contributed by atoms with E-state index in [1.807, 2.05) is 0 Å². The van der Waals surface area contributed by atoms with Crippen LogP contribution in [0.1, 0.15) is 40.0 Å². The first kappa shape index (κ1) is 10.0. The average Bonchev–Trinajstić information content (AvgIpc) is 2.36. The highest BCUT2D eigenvalue weighted by atomic mass is 16.5. The second-order valence-corrected chi connectivity index (χ2v) is 4.10. The number of hydrogen-bond acceptors (Lipinski definition) is 2. The molecule has 2 unspecified atom stereocenters. The smallest absolute Gasteiger partial charge is 0.108 e. The van der Waals surface area contributed by atoms with Crippen LogP contribution in [0.3, 0.4) is 0 Å². The van der Waals surface area contributed by atoms with Gasteiger partial charge in [0.05, 0.1) is 6.61 Å². The van der Waals surface area contributed by atoms with E-state index in [0.29, 0.717) is 12.3 Å². The third-order valence-corrected chi connectivity index (χ3v) is 2.23. The van der Waals surface area contributed by atoms with Crippen LogP contribution in [-0.2, 0) is 4.74 Å². The molecule has 0 radical (unpaired) electrons. The van der Waals surface area contributed by atoms with Gasteiger partial charge in [0.25, 0.3) is 0 Å². The summed E-state index contributed by atoms with van der Waals surface area (Å²) in [7, 11) is 0. The molecule has 1 N–H and O–H groups in total. The van der Waals surface area contributed by atoms with Crippen LogP contribution in [0.4, 0.5) is 0 Å². The Morgan fingerprint density at radius 2 is 2.25 bits per heavy atom. The van der Waals surface area contributed by atoms with Gasteiger partial charge in [0, 0.05) is 6.04 Å². The summed E-state index contributed by atoms with van der Waals surface area (Å²) in [6, 6.07) is 0.599. The highest BCUT2D eigenvalue weighted by Crippen LogP contribution is 2.14. The molecule has 72 valence electrons. The van der Waals surface area contributed by atoms with Crippen LogP contribution in [0, 0.1) is 5.92 Å². The Balaban J connectivity index is 2.16. The average molecular weight is 171 g/mol. The summed E-state index contributed by atoms with van der Waals surface area (Å²) >= 11 is 0. The summed E-state index contributed by atoms with van der Waals surface area (Å²) in [4.78, 5) is 0. The fraction of sp³-hybridized carbons (Fsp3) is 1.00. The van der Waals surface area contributed by atoms with Crippen LogP contribution in [0.15, 0.2) is 0 Å². The van der Waals surface area contributed by atoms with Gasteiger partial charge in [-0.15, -0.1) is 0 Å². The fourth-order valence-corrected chi connectivity index (χ4v) is 1.73. The Bertz CT molecular complexity index is 125. The number of ether oxygens (including phenoxy) is 1. The Morgan fingerprint density at radius 3 is 2.83 bits per heavy atom. The summed E-state index contributed by atoms with van der Waals surface area (Å²) in [6.07, 6.45) is 3.92. The predicted octanol–water partition coefficient (Wildman–Crippen LogP) is 2.15. The van der Waals surface area contributed by atoms with Gasteiger partial charge >= 0.3 is 0 Å². The highest BCUT2D eigenvalue weighted by molar-refractivity contribution is 4.76. The number of rotatable bonds is 4. The molecule has 0 aliphatic carbocycles. The molecule has 0 spiro atoms. The topological polar surface area (TPSA) is 21.3 Å². The molecule has 0 bridgehead atoms. The van der Waals surface area contributed by atoms with Crippen molar-refractivity contribution in [1.82, 2.24) is 5.32 Å². The largest absolute Gasteiger partial charge is 0.362 e. The monoisotopic (exact) mass is 171 g/mol. The summed E-state index contributed by atoms with van der Waals surface area (Å²) < 4.78 is 5.60. The van der Waals surface area contributed by atoms with Crippen LogP contribution in [0.2, 0.25) is 0 Å². The van der Waals surface area contributed by atoms with Crippen molar-refractivity contribution in [2.45, 2.75) is 52.3 Å². The zero-order valence-corrected chi connectivity index (χ0v) is 8.47. The Morgan fingerprint density at radius 1 is 1.50 bits per heavy atom. The van der Waals surface area contributed by atoms with Gasteiger partial charge in [-0.05, 0) is 18.8 Å². The van der Waals surface area contributed by atoms with Gasteiger partial charge in [0.15, 0.2) is 0 Å². The lowest BCUT2D eigenvalue weighted by atomic mass is 10.1. The van der Waals surface area contributed by atoms with Crippen molar-refractivity contribution in [2.75, 3.05) is 6.61 Å². The van der Waals surface area contributed by atoms with E-state index in [-0.39, 0.29) is 0 Å². The molecule has 1 saturated heterocycles. The lowest BCUT2D eigenvalue weighted by molar-refractivity contribution is 0.0924. The number of nitrogens with one attached hydrogen (secondary N) is 1. The molecule has 0 amide bonds. The molecule has 0 aromatic heterocycles. The maximum Gasteiger partial charge on any atom is 0.108 e. The molecule has 1 fully saturated rings. The molecule has 12 heavy (non-hydrogen) atoms. The van der Waals surface area contributed by atoms with Crippen molar-refractivity contribution >= 4 is 0 Å². The molecule has 0 aromatic carbocycles. The molecule has 0 aromatic rings. The van der Waals surface area contributed by atoms with Gasteiger partial charge in [-0.1, -0.05) is 27.2 Å². The zero-order valence-electron chi connectivity index (χ0n) is 8.47. The van der Waals surface area contributed by atoms with Gasteiger partial charge in [-0.3, -0.25) is 5.32 Å². The van der Waals surface area contributed by atoms with E-state index in [9.17, 15) is 0 Å².